The lowest BCUT2D eigenvalue weighted by molar-refractivity contribution is -0.143. The first kappa shape index (κ1) is 22.0. The van der Waals surface area contributed by atoms with Crippen LogP contribution in [-0.4, -0.2) is 36.5 Å². The normalized spacial score (nSPS) is 16.0. The third kappa shape index (κ3) is 5.62. The SMILES string of the molecule is CN(C(=O)COC(=O)c1cc(C(F)(F)F)cc(C(F)(F)F)c1)C1CCCCC1. The molecule has 0 unspecified atom stereocenters. The van der Waals surface area contributed by atoms with E-state index in [0.717, 1.165) is 32.1 Å². The van der Waals surface area contributed by atoms with Crippen LogP contribution in [0.1, 0.15) is 53.6 Å². The Morgan fingerprint density at radius 1 is 0.964 bits per heavy atom. The van der Waals surface area contributed by atoms with Gasteiger partial charge in [0.25, 0.3) is 5.91 Å². The number of esters is 1. The van der Waals surface area contributed by atoms with Crippen molar-refractivity contribution >= 4 is 11.9 Å². The minimum atomic E-state index is -5.08. The number of hydrogen-bond donors (Lipinski definition) is 0. The summed E-state index contributed by atoms with van der Waals surface area (Å²) in [5, 5.41) is 0. The second kappa shape index (κ2) is 8.40. The third-order valence-corrected chi connectivity index (χ3v) is 4.67. The number of likely N-dealkylation sites (N-methyl/N-ethyl adjacent to an activating group) is 1. The molecule has 0 radical (unpaired) electrons. The van der Waals surface area contributed by atoms with Crippen LogP contribution < -0.4 is 0 Å². The fourth-order valence-corrected chi connectivity index (χ4v) is 3.06. The van der Waals surface area contributed by atoms with Crippen LogP contribution in [0.15, 0.2) is 18.2 Å². The highest BCUT2D eigenvalue weighted by Gasteiger charge is 2.37. The van der Waals surface area contributed by atoms with Crippen molar-refractivity contribution in [3.63, 3.8) is 0 Å². The zero-order valence-corrected chi connectivity index (χ0v) is 15.0. The van der Waals surface area contributed by atoms with E-state index in [1.54, 1.807) is 0 Å². The van der Waals surface area contributed by atoms with Crippen LogP contribution in [0.3, 0.4) is 0 Å². The van der Waals surface area contributed by atoms with Crippen LogP contribution in [-0.2, 0) is 21.9 Å². The molecule has 0 atom stereocenters. The van der Waals surface area contributed by atoms with E-state index in [0.29, 0.717) is 0 Å². The van der Waals surface area contributed by atoms with Crippen molar-refractivity contribution in [2.45, 2.75) is 50.5 Å². The fraction of sp³-hybridized carbons (Fsp3) is 0.556. The molecule has 1 aliphatic carbocycles. The molecule has 0 saturated heterocycles. The minimum Gasteiger partial charge on any atom is -0.452 e. The van der Waals surface area contributed by atoms with Gasteiger partial charge in [-0.2, -0.15) is 26.3 Å². The number of rotatable bonds is 4. The van der Waals surface area contributed by atoms with Crippen LogP contribution in [0.2, 0.25) is 0 Å². The molecule has 0 heterocycles. The van der Waals surface area contributed by atoms with E-state index < -0.39 is 47.5 Å². The topological polar surface area (TPSA) is 46.6 Å². The lowest BCUT2D eigenvalue weighted by Gasteiger charge is -2.31. The molecular formula is C18H19F6NO3. The lowest BCUT2D eigenvalue weighted by Crippen LogP contribution is -2.40. The number of amides is 1. The molecule has 28 heavy (non-hydrogen) atoms. The maximum atomic E-state index is 12.8. The zero-order chi connectivity index (χ0) is 21.1. The Labute approximate surface area is 157 Å². The van der Waals surface area contributed by atoms with Crippen molar-refractivity contribution in [3.8, 4) is 0 Å². The first-order valence-corrected chi connectivity index (χ1v) is 8.62. The Morgan fingerprint density at radius 3 is 1.93 bits per heavy atom. The van der Waals surface area contributed by atoms with Gasteiger partial charge in [0.2, 0.25) is 0 Å². The molecule has 10 heteroatoms. The first-order valence-electron chi connectivity index (χ1n) is 8.62. The van der Waals surface area contributed by atoms with Gasteiger partial charge in [0.15, 0.2) is 6.61 Å². The molecule has 156 valence electrons. The summed E-state index contributed by atoms with van der Waals surface area (Å²) < 4.78 is 81.7. The first-order chi connectivity index (χ1) is 12.9. The predicted octanol–water partition coefficient (Wildman–Crippen LogP) is 4.67. The van der Waals surface area contributed by atoms with Crippen molar-refractivity contribution in [2.24, 2.45) is 0 Å². The van der Waals surface area contributed by atoms with Gasteiger partial charge in [0.1, 0.15) is 0 Å². The minimum absolute atomic E-state index is 0.0228. The summed E-state index contributed by atoms with van der Waals surface area (Å²) >= 11 is 0. The molecule has 4 nitrogen and oxygen atoms in total. The lowest BCUT2D eigenvalue weighted by atomic mass is 9.94. The largest absolute Gasteiger partial charge is 0.452 e. The number of benzene rings is 1. The molecule has 1 aromatic carbocycles. The van der Waals surface area contributed by atoms with Gasteiger partial charge >= 0.3 is 18.3 Å². The van der Waals surface area contributed by atoms with E-state index in [1.807, 2.05) is 0 Å². The molecule has 1 amide bonds. The number of halogens is 6. The fourth-order valence-electron chi connectivity index (χ4n) is 3.06. The Bertz CT molecular complexity index is 691. The van der Waals surface area contributed by atoms with E-state index in [2.05, 4.69) is 4.74 Å². The Balaban J connectivity index is 2.11. The van der Waals surface area contributed by atoms with Gasteiger partial charge in [-0.1, -0.05) is 19.3 Å². The van der Waals surface area contributed by atoms with Gasteiger partial charge in [0, 0.05) is 13.1 Å². The molecule has 0 aromatic heterocycles. The summed E-state index contributed by atoms with van der Waals surface area (Å²) in [5.41, 5.74) is -4.17. The summed E-state index contributed by atoms with van der Waals surface area (Å²) in [6.07, 6.45) is -5.61. The van der Waals surface area contributed by atoms with Crippen molar-refractivity contribution in [1.29, 1.82) is 0 Å². The Hall–Kier alpha value is -2.26. The summed E-state index contributed by atoms with van der Waals surface area (Å²) in [4.78, 5) is 25.5. The van der Waals surface area contributed by atoms with E-state index in [4.69, 9.17) is 0 Å². The average Bonchev–Trinajstić information content (AvgIpc) is 2.64. The smallest absolute Gasteiger partial charge is 0.416 e. The molecule has 0 bridgehead atoms. The molecule has 1 aromatic rings. The molecule has 1 fully saturated rings. The van der Waals surface area contributed by atoms with Gasteiger partial charge in [-0.15, -0.1) is 0 Å². The molecule has 0 spiro atoms. The number of alkyl halides is 6. The third-order valence-electron chi connectivity index (χ3n) is 4.67. The summed E-state index contributed by atoms with van der Waals surface area (Å²) in [6.45, 7) is -0.760. The van der Waals surface area contributed by atoms with E-state index in [9.17, 15) is 35.9 Å². The van der Waals surface area contributed by atoms with Crippen LogP contribution in [0.25, 0.3) is 0 Å². The average molecular weight is 411 g/mol. The highest BCUT2D eigenvalue weighted by atomic mass is 19.4. The van der Waals surface area contributed by atoms with Crippen molar-refractivity contribution in [2.75, 3.05) is 13.7 Å². The number of carbonyl (C=O) groups excluding carboxylic acids is 2. The predicted molar refractivity (Wildman–Crippen MR) is 86.4 cm³/mol. The van der Waals surface area contributed by atoms with Gasteiger partial charge in [-0.25, -0.2) is 4.79 Å². The highest BCUT2D eigenvalue weighted by Crippen LogP contribution is 2.36. The van der Waals surface area contributed by atoms with Crippen molar-refractivity contribution in [3.05, 3.63) is 34.9 Å². The van der Waals surface area contributed by atoms with Crippen LogP contribution in [0.4, 0.5) is 26.3 Å². The van der Waals surface area contributed by atoms with Gasteiger partial charge in [-0.3, -0.25) is 4.79 Å². The quantitative estimate of drug-likeness (QED) is 0.534. The number of ether oxygens (including phenoxy) is 1. The van der Waals surface area contributed by atoms with Crippen molar-refractivity contribution in [1.82, 2.24) is 4.90 Å². The second-order valence-electron chi connectivity index (χ2n) is 6.67. The molecule has 0 N–H and O–H groups in total. The van der Waals surface area contributed by atoms with E-state index in [1.165, 1.54) is 11.9 Å². The number of hydrogen-bond acceptors (Lipinski definition) is 3. The summed E-state index contributed by atoms with van der Waals surface area (Å²) in [6, 6.07) is 0.434. The van der Waals surface area contributed by atoms with Gasteiger partial charge in [-0.05, 0) is 31.0 Å². The molecule has 0 aliphatic heterocycles. The molecular weight excluding hydrogens is 392 g/mol. The van der Waals surface area contributed by atoms with Gasteiger partial charge < -0.3 is 9.64 Å². The second-order valence-corrected chi connectivity index (χ2v) is 6.67. The zero-order valence-electron chi connectivity index (χ0n) is 15.0. The van der Waals surface area contributed by atoms with Crippen LogP contribution >= 0.6 is 0 Å². The highest BCUT2D eigenvalue weighted by molar-refractivity contribution is 5.91. The van der Waals surface area contributed by atoms with Crippen LogP contribution in [0.5, 0.6) is 0 Å². The van der Waals surface area contributed by atoms with E-state index in [-0.39, 0.29) is 24.2 Å². The van der Waals surface area contributed by atoms with Crippen LogP contribution in [0, 0.1) is 0 Å². The summed E-state index contributed by atoms with van der Waals surface area (Å²) in [7, 11) is 1.53. The molecule has 1 aliphatic rings. The Morgan fingerprint density at radius 2 is 1.46 bits per heavy atom. The Kier molecular flexibility index (Phi) is 6.61. The monoisotopic (exact) mass is 411 g/mol. The molecule has 2 rings (SSSR count). The number of nitrogens with zero attached hydrogens (tertiary/aromatic N) is 1. The maximum Gasteiger partial charge on any atom is 0.416 e. The van der Waals surface area contributed by atoms with E-state index >= 15 is 0 Å². The number of carbonyl (C=O) groups is 2. The van der Waals surface area contributed by atoms with Gasteiger partial charge in [0.05, 0.1) is 16.7 Å². The maximum absolute atomic E-state index is 12.8. The summed E-state index contributed by atoms with van der Waals surface area (Å²) in [5.74, 6) is -2.00. The molecule has 1 saturated carbocycles. The standard InChI is InChI=1S/C18H19F6NO3/c1-25(14-5-3-2-4-6-14)15(26)10-28-16(27)11-7-12(17(19,20)21)9-13(8-11)18(22,23)24/h7-9,14H,2-6,10H2,1H3. The van der Waals surface area contributed by atoms with Crippen molar-refractivity contribution < 1.29 is 40.7 Å².